The molecule has 0 heterocycles. The summed E-state index contributed by atoms with van der Waals surface area (Å²) in [5.41, 5.74) is 1.67. The van der Waals surface area contributed by atoms with Crippen molar-refractivity contribution in [2.45, 2.75) is 65.3 Å². The maximum atomic E-state index is 12.3. The molecule has 1 aliphatic carbocycles. The molecule has 5 nitrogen and oxygen atoms in total. The van der Waals surface area contributed by atoms with Crippen molar-refractivity contribution >= 4 is 17.5 Å². The molecule has 1 unspecified atom stereocenters. The number of aryl methyl sites for hydroxylation is 1. The Bertz CT molecular complexity index is 595. The fraction of sp³-hybridized carbons (Fsp3) is 0.600. The Morgan fingerprint density at radius 2 is 1.96 bits per heavy atom. The molecule has 0 aliphatic heterocycles. The second-order valence-electron chi connectivity index (χ2n) is 6.90. The molecule has 138 valence electrons. The van der Waals surface area contributed by atoms with Crippen molar-refractivity contribution in [2.75, 3.05) is 11.9 Å². The van der Waals surface area contributed by atoms with Crippen LogP contribution in [0.4, 0.5) is 5.69 Å². The number of rotatable bonds is 7. The third kappa shape index (κ3) is 6.07. The number of ether oxygens (including phenoxy) is 1. The van der Waals surface area contributed by atoms with E-state index in [1.165, 1.54) is 19.3 Å². The number of carbonyl (C=O) groups excluding carboxylic acids is 2. The van der Waals surface area contributed by atoms with Crippen molar-refractivity contribution in [3.63, 3.8) is 0 Å². The summed E-state index contributed by atoms with van der Waals surface area (Å²) in [6.45, 7) is 6.20. The Labute approximate surface area is 150 Å². The van der Waals surface area contributed by atoms with E-state index < -0.39 is 6.04 Å². The van der Waals surface area contributed by atoms with Crippen molar-refractivity contribution in [1.82, 2.24) is 5.32 Å². The summed E-state index contributed by atoms with van der Waals surface area (Å²) in [6.07, 6.45) is 6.48. The molecule has 2 N–H and O–H groups in total. The minimum absolute atomic E-state index is 0.0302. The highest BCUT2D eigenvalue weighted by molar-refractivity contribution is 5.97. The normalized spacial score (nSPS) is 16.1. The quantitative estimate of drug-likeness (QED) is 0.789. The number of hydrogen-bond acceptors (Lipinski definition) is 3. The maximum absolute atomic E-state index is 12.3. The Kier molecular flexibility index (Phi) is 7.29. The number of carbonyl (C=O) groups is 2. The average molecular weight is 346 g/mol. The molecule has 2 amide bonds. The highest BCUT2D eigenvalue weighted by Crippen LogP contribution is 2.26. The summed E-state index contributed by atoms with van der Waals surface area (Å²) in [4.78, 5) is 24.4. The minimum atomic E-state index is -0.553. The molecule has 1 aliphatic rings. The first-order valence-corrected chi connectivity index (χ1v) is 9.33. The standard InChI is InChI=1S/C20H30N2O3/c1-4-25-18-11-10-17(12-14(18)2)22-20(24)15(3)21-19(23)13-16-8-6-5-7-9-16/h10-12,15-16H,4-9,13H2,1-3H3,(H,21,23)(H,22,24). The van der Waals surface area contributed by atoms with E-state index in [1.54, 1.807) is 6.92 Å². The van der Waals surface area contributed by atoms with E-state index >= 15 is 0 Å². The molecule has 25 heavy (non-hydrogen) atoms. The summed E-state index contributed by atoms with van der Waals surface area (Å²) >= 11 is 0. The van der Waals surface area contributed by atoms with Crippen LogP contribution in [0.2, 0.25) is 0 Å². The van der Waals surface area contributed by atoms with Crippen LogP contribution in [-0.2, 0) is 9.59 Å². The molecular formula is C20H30N2O3. The zero-order valence-corrected chi connectivity index (χ0v) is 15.6. The monoisotopic (exact) mass is 346 g/mol. The fourth-order valence-electron chi connectivity index (χ4n) is 3.31. The number of benzene rings is 1. The largest absolute Gasteiger partial charge is 0.494 e. The average Bonchev–Trinajstić information content (AvgIpc) is 2.58. The van der Waals surface area contributed by atoms with Gasteiger partial charge in [0, 0.05) is 12.1 Å². The zero-order chi connectivity index (χ0) is 18.2. The second kappa shape index (κ2) is 9.44. The minimum Gasteiger partial charge on any atom is -0.494 e. The van der Waals surface area contributed by atoms with Crippen molar-refractivity contribution in [3.05, 3.63) is 23.8 Å². The van der Waals surface area contributed by atoms with E-state index in [4.69, 9.17) is 4.74 Å². The number of anilines is 1. The van der Waals surface area contributed by atoms with Gasteiger partial charge in [-0.1, -0.05) is 19.3 Å². The van der Waals surface area contributed by atoms with Crippen molar-refractivity contribution in [2.24, 2.45) is 5.92 Å². The van der Waals surface area contributed by atoms with Crippen LogP contribution >= 0.6 is 0 Å². The highest BCUT2D eigenvalue weighted by atomic mass is 16.5. The van der Waals surface area contributed by atoms with E-state index in [0.717, 1.165) is 24.2 Å². The predicted octanol–water partition coefficient (Wildman–Crippen LogP) is 3.81. The number of nitrogens with one attached hydrogen (secondary N) is 2. The lowest BCUT2D eigenvalue weighted by Crippen LogP contribution is -2.42. The van der Waals surface area contributed by atoms with Crippen LogP contribution in [0.25, 0.3) is 0 Å². The highest BCUT2D eigenvalue weighted by Gasteiger charge is 2.20. The van der Waals surface area contributed by atoms with Gasteiger partial charge in [0.15, 0.2) is 0 Å². The van der Waals surface area contributed by atoms with Crippen LogP contribution in [-0.4, -0.2) is 24.5 Å². The third-order valence-electron chi connectivity index (χ3n) is 4.71. The predicted molar refractivity (Wildman–Crippen MR) is 99.8 cm³/mol. The first kappa shape index (κ1) is 19.3. The molecule has 0 spiro atoms. The van der Waals surface area contributed by atoms with Gasteiger partial charge in [-0.3, -0.25) is 9.59 Å². The Balaban J connectivity index is 1.82. The molecule has 5 heteroatoms. The molecule has 0 aromatic heterocycles. The van der Waals surface area contributed by atoms with Gasteiger partial charge in [0.2, 0.25) is 11.8 Å². The molecule has 1 saturated carbocycles. The van der Waals surface area contributed by atoms with Crippen LogP contribution in [0.1, 0.15) is 57.9 Å². The number of amides is 2. The van der Waals surface area contributed by atoms with Crippen molar-refractivity contribution < 1.29 is 14.3 Å². The lowest BCUT2D eigenvalue weighted by molar-refractivity contribution is -0.126. The second-order valence-corrected chi connectivity index (χ2v) is 6.90. The molecule has 0 radical (unpaired) electrons. The molecule has 2 rings (SSSR count). The van der Waals surface area contributed by atoms with Crippen molar-refractivity contribution in [1.29, 1.82) is 0 Å². The van der Waals surface area contributed by atoms with Crippen LogP contribution in [0.15, 0.2) is 18.2 Å². The van der Waals surface area contributed by atoms with Gasteiger partial charge in [-0.2, -0.15) is 0 Å². The van der Waals surface area contributed by atoms with E-state index in [9.17, 15) is 9.59 Å². The van der Waals surface area contributed by atoms with Crippen molar-refractivity contribution in [3.8, 4) is 5.75 Å². The van der Waals surface area contributed by atoms with Crippen LogP contribution in [0.5, 0.6) is 5.75 Å². The van der Waals surface area contributed by atoms with Crippen LogP contribution in [0, 0.1) is 12.8 Å². The summed E-state index contributed by atoms with van der Waals surface area (Å²) in [6, 6.07) is 4.98. The molecular weight excluding hydrogens is 316 g/mol. The smallest absolute Gasteiger partial charge is 0.246 e. The Hall–Kier alpha value is -2.04. The van der Waals surface area contributed by atoms with Gasteiger partial charge in [-0.05, 0) is 63.3 Å². The molecule has 1 atom stereocenters. The maximum Gasteiger partial charge on any atom is 0.246 e. The SMILES string of the molecule is CCOc1ccc(NC(=O)C(C)NC(=O)CC2CCCCC2)cc1C. The third-order valence-corrected chi connectivity index (χ3v) is 4.71. The number of hydrogen-bond donors (Lipinski definition) is 2. The topological polar surface area (TPSA) is 67.4 Å². The van der Waals surface area contributed by atoms with Gasteiger partial charge in [0.1, 0.15) is 11.8 Å². The molecule has 0 bridgehead atoms. The molecule has 0 saturated heterocycles. The molecule has 1 aromatic carbocycles. The van der Waals surface area contributed by atoms with Gasteiger partial charge in [-0.25, -0.2) is 0 Å². The van der Waals surface area contributed by atoms with Gasteiger partial charge in [0.05, 0.1) is 6.61 Å². The van der Waals surface area contributed by atoms with Gasteiger partial charge < -0.3 is 15.4 Å². The van der Waals surface area contributed by atoms with Crippen LogP contribution < -0.4 is 15.4 Å². The molecule has 1 aromatic rings. The lowest BCUT2D eigenvalue weighted by atomic mass is 9.87. The van der Waals surface area contributed by atoms with E-state index in [2.05, 4.69) is 10.6 Å². The first-order chi connectivity index (χ1) is 12.0. The summed E-state index contributed by atoms with van der Waals surface area (Å²) in [5, 5.41) is 5.67. The Morgan fingerprint density at radius 1 is 1.24 bits per heavy atom. The summed E-state index contributed by atoms with van der Waals surface area (Å²) in [7, 11) is 0. The Morgan fingerprint density at radius 3 is 2.60 bits per heavy atom. The van der Waals surface area contributed by atoms with E-state index in [-0.39, 0.29) is 11.8 Å². The first-order valence-electron chi connectivity index (χ1n) is 9.33. The van der Waals surface area contributed by atoms with E-state index in [1.807, 2.05) is 32.0 Å². The van der Waals surface area contributed by atoms with Gasteiger partial charge >= 0.3 is 0 Å². The summed E-state index contributed by atoms with van der Waals surface area (Å²) in [5.74, 6) is 1.05. The summed E-state index contributed by atoms with van der Waals surface area (Å²) < 4.78 is 5.50. The zero-order valence-electron chi connectivity index (χ0n) is 15.6. The van der Waals surface area contributed by atoms with E-state index in [0.29, 0.717) is 24.6 Å². The lowest BCUT2D eigenvalue weighted by Gasteiger charge is -2.22. The van der Waals surface area contributed by atoms with Crippen LogP contribution in [0.3, 0.4) is 0 Å². The van der Waals surface area contributed by atoms with Gasteiger partial charge in [-0.15, -0.1) is 0 Å². The fourth-order valence-corrected chi connectivity index (χ4v) is 3.31. The van der Waals surface area contributed by atoms with Gasteiger partial charge in [0.25, 0.3) is 0 Å². The molecule has 1 fully saturated rings.